The van der Waals surface area contributed by atoms with Crippen molar-refractivity contribution < 1.29 is 9.53 Å². The Labute approximate surface area is 159 Å². The molecular formula is C21H26N4O2. The lowest BCUT2D eigenvalue weighted by atomic mass is 10.1. The molecule has 6 heteroatoms. The minimum atomic E-state index is -0.299. The maximum absolute atomic E-state index is 11.9. The van der Waals surface area contributed by atoms with Gasteiger partial charge in [0, 0.05) is 31.0 Å². The van der Waals surface area contributed by atoms with Gasteiger partial charge in [-0.2, -0.15) is 0 Å². The lowest BCUT2D eigenvalue weighted by Crippen LogP contribution is -2.31. The quantitative estimate of drug-likeness (QED) is 0.651. The number of aromatic nitrogens is 2. The predicted molar refractivity (Wildman–Crippen MR) is 106 cm³/mol. The van der Waals surface area contributed by atoms with Gasteiger partial charge in [-0.15, -0.1) is 0 Å². The third-order valence-electron chi connectivity index (χ3n) is 4.67. The van der Waals surface area contributed by atoms with Crippen molar-refractivity contribution in [2.24, 2.45) is 0 Å². The average molecular weight is 366 g/mol. The molecule has 0 aliphatic rings. The van der Waals surface area contributed by atoms with Crippen molar-refractivity contribution in [1.82, 2.24) is 14.3 Å². The number of esters is 1. The smallest absolute Gasteiger partial charge is 0.311 e. The molecular weight excluding hydrogens is 340 g/mol. The summed E-state index contributed by atoms with van der Waals surface area (Å²) in [5.74, 6) is -0.299. The van der Waals surface area contributed by atoms with E-state index in [-0.39, 0.29) is 12.4 Å². The van der Waals surface area contributed by atoms with Crippen LogP contribution in [0.25, 0.3) is 5.65 Å². The minimum Gasteiger partial charge on any atom is -0.469 e. The number of methoxy groups -OCH3 is 1. The van der Waals surface area contributed by atoms with E-state index in [0.29, 0.717) is 18.3 Å². The number of nitrogen functional groups attached to an aromatic ring is 1. The van der Waals surface area contributed by atoms with Gasteiger partial charge in [0.1, 0.15) is 5.65 Å². The number of hydrogen-bond donors (Lipinski definition) is 1. The van der Waals surface area contributed by atoms with Crippen LogP contribution in [0.5, 0.6) is 0 Å². The fourth-order valence-electron chi connectivity index (χ4n) is 3.11. The van der Waals surface area contributed by atoms with E-state index in [0.717, 1.165) is 23.6 Å². The molecule has 3 rings (SSSR count). The number of hydrogen-bond acceptors (Lipinski definition) is 5. The minimum absolute atomic E-state index is 0.144. The molecule has 2 heterocycles. The Morgan fingerprint density at radius 2 is 1.93 bits per heavy atom. The van der Waals surface area contributed by atoms with E-state index in [2.05, 4.69) is 35.9 Å². The predicted octanol–water partition coefficient (Wildman–Crippen LogP) is 3.04. The van der Waals surface area contributed by atoms with E-state index in [4.69, 9.17) is 10.5 Å². The topological polar surface area (TPSA) is 72.9 Å². The molecule has 2 N–H and O–H groups in total. The van der Waals surface area contributed by atoms with Crippen molar-refractivity contribution in [1.29, 1.82) is 0 Å². The highest BCUT2D eigenvalue weighted by molar-refractivity contribution is 5.72. The maximum atomic E-state index is 11.9. The Morgan fingerprint density at radius 3 is 2.59 bits per heavy atom. The monoisotopic (exact) mass is 366 g/mol. The summed E-state index contributed by atoms with van der Waals surface area (Å²) in [6, 6.07) is 14.4. The summed E-state index contributed by atoms with van der Waals surface area (Å²) < 4.78 is 6.83. The van der Waals surface area contributed by atoms with Crippen molar-refractivity contribution in [3.05, 3.63) is 65.6 Å². The molecule has 0 spiro atoms. The number of benzene rings is 1. The Bertz CT molecular complexity index is 919. The maximum Gasteiger partial charge on any atom is 0.311 e. The molecule has 6 nitrogen and oxygen atoms in total. The van der Waals surface area contributed by atoms with Crippen molar-refractivity contribution in [3.8, 4) is 0 Å². The van der Waals surface area contributed by atoms with E-state index in [1.165, 1.54) is 12.7 Å². The van der Waals surface area contributed by atoms with Crippen LogP contribution in [-0.2, 0) is 29.0 Å². The van der Waals surface area contributed by atoms with Crippen molar-refractivity contribution in [3.63, 3.8) is 0 Å². The summed E-state index contributed by atoms with van der Waals surface area (Å²) >= 11 is 0. The fourth-order valence-corrected chi connectivity index (χ4v) is 3.11. The molecule has 0 aliphatic carbocycles. The number of pyridine rings is 1. The first kappa shape index (κ1) is 18.9. The van der Waals surface area contributed by atoms with Gasteiger partial charge >= 0.3 is 5.97 Å². The third kappa shape index (κ3) is 4.46. The van der Waals surface area contributed by atoms with E-state index in [9.17, 15) is 4.79 Å². The van der Waals surface area contributed by atoms with E-state index in [1.807, 2.05) is 40.9 Å². The highest BCUT2D eigenvalue weighted by Crippen LogP contribution is 2.20. The summed E-state index contributed by atoms with van der Waals surface area (Å²) in [6.07, 6.45) is 2.00. The second-order valence-corrected chi connectivity index (χ2v) is 6.93. The molecule has 142 valence electrons. The molecule has 0 aliphatic heterocycles. The number of carbonyl (C=O) groups excluding carboxylic acids is 1. The van der Waals surface area contributed by atoms with Gasteiger partial charge < -0.3 is 14.9 Å². The highest BCUT2D eigenvalue weighted by Gasteiger charge is 2.20. The number of imidazole rings is 1. The molecule has 3 aromatic rings. The fraction of sp³-hybridized carbons (Fsp3) is 0.333. The Morgan fingerprint density at radius 1 is 1.19 bits per heavy atom. The van der Waals surface area contributed by atoms with Crippen molar-refractivity contribution >= 4 is 17.3 Å². The zero-order chi connectivity index (χ0) is 19.4. The number of anilines is 1. The number of carbonyl (C=O) groups is 1. The van der Waals surface area contributed by atoms with Crippen LogP contribution in [0.3, 0.4) is 0 Å². The lowest BCUT2D eigenvalue weighted by molar-refractivity contribution is -0.139. The molecule has 0 unspecified atom stereocenters. The summed E-state index contributed by atoms with van der Waals surface area (Å²) in [4.78, 5) is 18.9. The summed E-state index contributed by atoms with van der Waals surface area (Å²) in [7, 11) is 1.39. The molecule has 2 aromatic heterocycles. The zero-order valence-corrected chi connectivity index (χ0v) is 16.1. The van der Waals surface area contributed by atoms with E-state index >= 15 is 0 Å². The normalized spacial score (nSPS) is 11.4. The van der Waals surface area contributed by atoms with Gasteiger partial charge in [-0.3, -0.25) is 9.69 Å². The number of nitrogens with zero attached hydrogens (tertiary/aromatic N) is 3. The molecule has 0 fully saturated rings. The van der Waals surface area contributed by atoms with Crippen molar-refractivity contribution in [2.75, 3.05) is 12.8 Å². The van der Waals surface area contributed by atoms with Crippen LogP contribution in [0, 0.1) is 0 Å². The second-order valence-electron chi connectivity index (χ2n) is 6.93. The highest BCUT2D eigenvalue weighted by atomic mass is 16.5. The molecule has 0 bridgehead atoms. The van der Waals surface area contributed by atoms with Crippen molar-refractivity contribution in [2.45, 2.75) is 39.4 Å². The molecule has 27 heavy (non-hydrogen) atoms. The van der Waals surface area contributed by atoms with Crippen LogP contribution >= 0.6 is 0 Å². The number of ether oxygens (including phenoxy) is 1. The van der Waals surface area contributed by atoms with Crippen LogP contribution in [0.1, 0.15) is 30.8 Å². The first-order valence-corrected chi connectivity index (χ1v) is 9.08. The lowest BCUT2D eigenvalue weighted by Gasteiger charge is -2.27. The largest absolute Gasteiger partial charge is 0.469 e. The first-order valence-electron chi connectivity index (χ1n) is 9.08. The van der Waals surface area contributed by atoms with E-state index in [1.54, 1.807) is 0 Å². The van der Waals surface area contributed by atoms with Gasteiger partial charge in [0.15, 0.2) is 0 Å². The van der Waals surface area contributed by atoms with Gasteiger partial charge in [-0.25, -0.2) is 4.98 Å². The van der Waals surface area contributed by atoms with Crippen LogP contribution in [-0.4, -0.2) is 33.4 Å². The van der Waals surface area contributed by atoms with Crippen LogP contribution in [0.15, 0.2) is 48.7 Å². The molecule has 0 radical (unpaired) electrons. The molecule has 1 aromatic carbocycles. The third-order valence-corrected chi connectivity index (χ3v) is 4.67. The standard InChI is InChI=1S/C21H26N4O2/c1-15(2)24(12-16-7-5-4-6-8-16)14-19-18(11-21(26)27-3)23-20-10-9-17(22)13-25(19)20/h4-10,13,15H,11-12,14,22H2,1-3H3. The Kier molecular flexibility index (Phi) is 5.76. The average Bonchev–Trinajstić information content (AvgIpc) is 2.98. The van der Waals surface area contributed by atoms with Gasteiger partial charge in [0.05, 0.1) is 24.9 Å². The van der Waals surface area contributed by atoms with Gasteiger partial charge in [0.2, 0.25) is 0 Å². The van der Waals surface area contributed by atoms with E-state index < -0.39 is 0 Å². The molecule has 0 amide bonds. The van der Waals surface area contributed by atoms with Crippen LogP contribution < -0.4 is 5.73 Å². The number of nitrogens with two attached hydrogens (primary N) is 1. The molecule has 0 saturated heterocycles. The molecule has 0 atom stereocenters. The van der Waals surface area contributed by atoms with Crippen LogP contribution in [0.2, 0.25) is 0 Å². The number of fused-ring (bicyclic) bond motifs is 1. The number of rotatable bonds is 7. The van der Waals surface area contributed by atoms with Crippen LogP contribution in [0.4, 0.5) is 5.69 Å². The summed E-state index contributed by atoms with van der Waals surface area (Å²) in [5, 5.41) is 0. The Balaban J connectivity index is 1.97. The SMILES string of the molecule is COC(=O)Cc1nc2ccc(N)cn2c1CN(Cc1ccccc1)C(C)C. The zero-order valence-electron chi connectivity index (χ0n) is 16.1. The second kappa shape index (κ2) is 8.22. The first-order chi connectivity index (χ1) is 13.0. The summed E-state index contributed by atoms with van der Waals surface area (Å²) in [5.41, 5.74) is 10.4. The van der Waals surface area contributed by atoms with Gasteiger partial charge in [-0.1, -0.05) is 30.3 Å². The van der Waals surface area contributed by atoms with Gasteiger partial charge in [-0.05, 0) is 31.5 Å². The Hall–Kier alpha value is -2.86. The molecule has 0 saturated carbocycles. The van der Waals surface area contributed by atoms with Gasteiger partial charge in [0.25, 0.3) is 0 Å². The summed E-state index contributed by atoms with van der Waals surface area (Å²) in [6.45, 7) is 5.80.